The van der Waals surface area contributed by atoms with Crippen LogP contribution in [0.25, 0.3) is 110 Å². The van der Waals surface area contributed by atoms with Gasteiger partial charge in [-0.15, -0.1) is 11.3 Å². The number of hydrogen-bond acceptors (Lipinski definition) is 5. The summed E-state index contributed by atoms with van der Waals surface area (Å²) in [6, 6.07) is 65.6. The van der Waals surface area contributed by atoms with E-state index in [1.54, 1.807) is 0 Å². The molecule has 0 bridgehead atoms. The number of aromatic nitrogens is 3. The zero-order chi connectivity index (χ0) is 37.0. The van der Waals surface area contributed by atoms with Gasteiger partial charge in [-0.2, -0.15) is 0 Å². The first-order valence-electron chi connectivity index (χ1n) is 18.7. The molecule has 8 aromatic carbocycles. The number of fused-ring (bicyclic) bond motifs is 6. The summed E-state index contributed by atoms with van der Waals surface area (Å²) in [7, 11) is 0. The molecule has 0 spiro atoms. The summed E-state index contributed by atoms with van der Waals surface area (Å²) < 4.78 is 9.17. The quantitative estimate of drug-likeness (QED) is 0.171. The van der Waals surface area contributed by atoms with Gasteiger partial charge in [0.15, 0.2) is 17.5 Å². The van der Waals surface area contributed by atoms with Crippen LogP contribution in [0.15, 0.2) is 192 Å². The second-order valence-electron chi connectivity index (χ2n) is 14.0. The second kappa shape index (κ2) is 13.3. The van der Waals surface area contributed by atoms with Gasteiger partial charge in [-0.25, -0.2) is 15.0 Å². The molecule has 56 heavy (non-hydrogen) atoms. The maximum atomic E-state index is 6.56. The average Bonchev–Trinajstić information content (AvgIpc) is 3.85. The number of benzene rings is 8. The number of furan rings is 1. The van der Waals surface area contributed by atoms with Gasteiger partial charge in [0.25, 0.3) is 0 Å². The topological polar surface area (TPSA) is 51.8 Å². The smallest absolute Gasteiger partial charge is 0.164 e. The van der Waals surface area contributed by atoms with Gasteiger partial charge in [-0.3, -0.25) is 0 Å². The van der Waals surface area contributed by atoms with Crippen molar-refractivity contribution in [1.29, 1.82) is 0 Å². The van der Waals surface area contributed by atoms with Crippen LogP contribution in [0.5, 0.6) is 0 Å². The fourth-order valence-electron chi connectivity index (χ4n) is 7.80. The molecule has 0 aliphatic heterocycles. The van der Waals surface area contributed by atoms with Gasteiger partial charge in [0.2, 0.25) is 0 Å². The zero-order valence-electron chi connectivity index (χ0n) is 30.1. The number of para-hydroxylation sites is 1. The molecule has 11 rings (SSSR count). The Morgan fingerprint density at radius 3 is 1.62 bits per heavy atom. The molecule has 0 radical (unpaired) electrons. The average molecular weight is 734 g/mol. The summed E-state index contributed by atoms with van der Waals surface area (Å²) in [6.07, 6.45) is 0. The maximum absolute atomic E-state index is 6.56. The highest BCUT2D eigenvalue weighted by molar-refractivity contribution is 7.26. The van der Waals surface area contributed by atoms with E-state index in [9.17, 15) is 0 Å². The van der Waals surface area contributed by atoms with Crippen LogP contribution < -0.4 is 0 Å². The van der Waals surface area contributed by atoms with Crippen molar-refractivity contribution in [2.45, 2.75) is 0 Å². The van der Waals surface area contributed by atoms with Crippen molar-refractivity contribution in [1.82, 2.24) is 15.0 Å². The minimum Gasteiger partial charge on any atom is -0.456 e. The number of rotatable bonds is 6. The van der Waals surface area contributed by atoms with Crippen LogP contribution in [0.4, 0.5) is 0 Å². The summed E-state index contributed by atoms with van der Waals surface area (Å²) >= 11 is 1.85. The van der Waals surface area contributed by atoms with E-state index in [1.165, 1.54) is 31.3 Å². The largest absolute Gasteiger partial charge is 0.456 e. The minimum atomic E-state index is 0.590. The Labute approximate surface area is 327 Å². The van der Waals surface area contributed by atoms with E-state index in [0.29, 0.717) is 17.5 Å². The highest BCUT2D eigenvalue weighted by atomic mass is 32.1. The molecule has 0 N–H and O–H groups in total. The molecular weight excluding hydrogens is 703 g/mol. The highest BCUT2D eigenvalue weighted by Crippen LogP contribution is 2.42. The molecule has 5 heteroatoms. The Hall–Kier alpha value is -7.21. The van der Waals surface area contributed by atoms with Crippen LogP contribution in [-0.2, 0) is 0 Å². The van der Waals surface area contributed by atoms with E-state index in [1.807, 2.05) is 65.9 Å². The molecule has 0 aliphatic rings. The lowest BCUT2D eigenvalue weighted by molar-refractivity contribution is 0.669. The van der Waals surface area contributed by atoms with E-state index >= 15 is 0 Å². The van der Waals surface area contributed by atoms with Gasteiger partial charge in [-0.05, 0) is 57.6 Å². The molecule has 0 unspecified atom stereocenters. The lowest BCUT2D eigenvalue weighted by Crippen LogP contribution is -2.00. The van der Waals surface area contributed by atoms with Crippen molar-refractivity contribution < 1.29 is 4.42 Å². The molecule has 4 nitrogen and oxygen atoms in total. The zero-order valence-corrected chi connectivity index (χ0v) is 30.9. The Kier molecular flexibility index (Phi) is 7.64. The molecule has 0 saturated heterocycles. The number of thiophene rings is 1. The van der Waals surface area contributed by atoms with E-state index in [4.69, 9.17) is 19.4 Å². The van der Waals surface area contributed by atoms with Gasteiger partial charge in [0.1, 0.15) is 11.2 Å². The highest BCUT2D eigenvalue weighted by Gasteiger charge is 2.20. The predicted octanol–water partition coefficient (Wildman–Crippen LogP) is 14.1. The second-order valence-corrected chi connectivity index (χ2v) is 15.0. The van der Waals surface area contributed by atoms with Crippen LogP contribution >= 0.6 is 11.3 Å². The minimum absolute atomic E-state index is 0.590. The van der Waals surface area contributed by atoms with Crippen molar-refractivity contribution in [3.63, 3.8) is 0 Å². The van der Waals surface area contributed by atoms with E-state index < -0.39 is 0 Å². The van der Waals surface area contributed by atoms with Gasteiger partial charge < -0.3 is 4.42 Å². The molecule has 0 saturated carbocycles. The predicted molar refractivity (Wildman–Crippen MR) is 233 cm³/mol. The lowest BCUT2D eigenvalue weighted by atomic mass is 9.96. The molecule has 3 aromatic heterocycles. The van der Waals surface area contributed by atoms with Gasteiger partial charge in [0, 0.05) is 47.6 Å². The summed E-state index contributed by atoms with van der Waals surface area (Å²) in [5.74, 6) is 1.82. The first-order valence-corrected chi connectivity index (χ1v) is 19.5. The normalized spacial score (nSPS) is 11.6. The molecule has 0 atom stereocenters. The molecule has 3 heterocycles. The Balaban J connectivity index is 1.07. The molecule has 11 aromatic rings. The third-order valence-corrected chi connectivity index (χ3v) is 11.8. The number of hydrogen-bond donors (Lipinski definition) is 0. The van der Waals surface area contributed by atoms with Gasteiger partial charge in [-0.1, -0.05) is 164 Å². The standard InChI is InChI=1S/C51H31N3OS/c1-3-12-32(13-4-1)33-24-28-37(29-25-33)50-52-49(36-14-5-2-6-15-36)53-51(54-50)43-30-38(31-45-47(43)42-17-7-9-20-44(42)55-45)34-22-26-35(27-23-34)39-18-11-19-41-40-16-8-10-21-46(40)56-48(39)41/h1-31H. The molecule has 0 fully saturated rings. The van der Waals surface area contributed by atoms with Crippen molar-refractivity contribution in [2.24, 2.45) is 0 Å². The summed E-state index contributed by atoms with van der Waals surface area (Å²) in [6.45, 7) is 0. The summed E-state index contributed by atoms with van der Waals surface area (Å²) in [5.41, 5.74) is 11.2. The Bertz CT molecular complexity index is 3220. The van der Waals surface area contributed by atoms with Crippen LogP contribution in [0, 0.1) is 0 Å². The maximum Gasteiger partial charge on any atom is 0.164 e. The molecular formula is C51H31N3OS. The third-order valence-electron chi connectivity index (χ3n) is 10.6. The Morgan fingerprint density at radius 2 is 0.875 bits per heavy atom. The Morgan fingerprint density at radius 1 is 0.339 bits per heavy atom. The summed E-state index contributed by atoms with van der Waals surface area (Å²) in [5, 5.41) is 4.60. The van der Waals surface area contributed by atoms with Crippen LogP contribution in [-0.4, -0.2) is 15.0 Å². The fraction of sp³-hybridized carbons (Fsp3) is 0. The van der Waals surface area contributed by atoms with Crippen molar-refractivity contribution in [2.75, 3.05) is 0 Å². The first-order chi connectivity index (χ1) is 27.7. The van der Waals surface area contributed by atoms with Crippen molar-refractivity contribution in [3.8, 4) is 67.5 Å². The monoisotopic (exact) mass is 733 g/mol. The van der Waals surface area contributed by atoms with Gasteiger partial charge in [0.05, 0.1) is 0 Å². The summed E-state index contributed by atoms with van der Waals surface area (Å²) in [4.78, 5) is 15.4. The molecule has 0 aliphatic carbocycles. The third kappa shape index (κ3) is 5.56. The van der Waals surface area contributed by atoms with Crippen LogP contribution in [0.1, 0.15) is 0 Å². The van der Waals surface area contributed by atoms with Crippen molar-refractivity contribution >= 4 is 53.4 Å². The van der Waals surface area contributed by atoms with Gasteiger partial charge >= 0.3 is 0 Å². The van der Waals surface area contributed by atoms with E-state index in [-0.39, 0.29) is 0 Å². The SMILES string of the molecule is c1ccc(-c2ccc(-c3nc(-c4ccccc4)nc(-c4cc(-c5ccc(-c6cccc7c6sc6ccccc67)cc5)cc5oc6ccccc6c45)n3)cc2)cc1. The van der Waals surface area contributed by atoms with Crippen LogP contribution in [0.2, 0.25) is 0 Å². The number of nitrogens with zero attached hydrogens (tertiary/aromatic N) is 3. The fourth-order valence-corrected chi connectivity index (χ4v) is 9.04. The van der Waals surface area contributed by atoms with E-state index in [0.717, 1.165) is 60.9 Å². The van der Waals surface area contributed by atoms with Crippen molar-refractivity contribution in [3.05, 3.63) is 188 Å². The first kappa shape index (κ1) is 32.2. The molecule has 262 valence electrons. The van der Waals surface area contributed by atoms with E-state index in [2.05, 4.69) is 133 Å². The lowest BCUT2D eigenvalue weighted by Gasteiger charge is -2.12. The molecule has 0 amide bonds. The van der Waals surface area contributed by atoms with Crippen LogP contribution in [0.3, 0.4) is 0 Å².